The van der Waals surface area contributed by atoms with Gasteiger partial charge >= 0.3 is 0 Å². The molecule has 0 aromatic heterocycles. The number of amides is 1. The number of rotatable bonds is 7. The third-order valence-electron chi connectivity index (χ3n) is 4.37. The van der Waals surface area contributed by atoms with Crippen LogP contribution in [0.5, 0.6) is 0 Å². The van der Waals surface area contributed by atoms with E-state index in [0.717, 1.165) is 29.7 Å². The summed E-state index contributed by atoms with van der Waals surface area (Å²) in [6.45, 7) is 5.09. The Hall–Kier alpha value is -1.44. The smallest absolute Gasteiger partial charge is 0.225 e. The zero-order valence-corrected chi connectivity index (χ0v) is 15.4. The average molecular weight is 354 g/mol. The number of carbonyl (C=O) groups is 1. The van der Waals surface area contributed by atoms with E-state index in [0.29, 0.717) is 13.2 Å². The zero-order chi connectivity index (χ0) is 17.7. The minimum Gasteiger partial charge on any atom is -0.377 e. The lowest BCUT2D eigenvalue weighted by atomic mass is 10.1. The first kappa shape index (κ1) is 18.9. The summed E-state index contributed by atoms with van der Waals surface area (Å²) >= 11 is 0. The molecule has 1 aromatic carbocycles. The van der Waals surface area contributed by atoms with Gasteiger partial charge in [0.05, 0.1) is 12.4 Å². The summed E-state index contributed by atoms with van der Waals surface area (Å²) in [4.78, 5) is 12.2. The summed E-state index contributed by atoms with van der Waals surface area (Å²) in [7, 11) is -3.36. The third kappa shape index (κ3) is 5.29. The topological polar surface area (TPSA) is 75.7 Å². The average Bonchev–Trinajstić information content (AvgIpc) is 3.00. The second-order valence-corrected chi connectivity index (χ2v) is 8.28. The summed E-state index contributed by atoms with van der Waals surface area (Å²) in [6, 6.07) is 5.72. The number of anilines is 1. The fourth-order valence-electron chi connectivity index (χ4n) is 2.73. The second-order valence-electron chi connectivity index (χ2n) is 6.30. The lowest BCUT2D eigenvalue weighted by molar-refractivity contribution is -0.116. The maximum atomic E-state index is 12.2. The second kappa shape index (κ2) is 8.09. The number of nitrogens with one attached hydrogen (secondary N) is 1. The molecule has 1 heterocycles. The lowest BCUT2D eigenvalue weighted by Crippen LogP contribution is -2.38. The van der Waals surface area contributed by atoms with Crippen LogP contribution in [0.2, 0.25) is 0 Å². The van der Waals surface area contributed by atoms with E-state index < -0.39 is 10.0 Å². The first-order valence-electron chi connectivity index (χ1n) is 8.20. The Morgan fingerprint density at radius 1 is 1.38 bits per heavy atom. The van der Waals surface area contributed by atoms with E-state index in [1.807, 2.05) is 32.0 Å². The summed E-state index contributed by atoms with van der Waals surface area (Å²) in [5, 5.41) is 2.86. The van der Waals surface area contributed by atoms with Crippen LogP contribution in [-0.2, 0) is 19.6 Å². The van der Waals surface area contributed by atoms with Crippen LogP contribution in [0.4, 0.5) is 5.69 Å². The highest BCUT2D eigenvalue weighted by molar-refractivity contribution is 7.88. The molecule has 1 aromatic rings. The maximum Gasteiger partial charge on any atom is 0.225 e. The van der Waals surface area contributed by atoms with Crippen molar-refractivity contribution < 1.29 is 17.9 Å². The minimum atomic E-state index is -3.36. The number of hydrogen-bond donors (Lipinski definition) is 1. The predicted octanol–water partition coefficient (Wildman–Crippen LogP) is 2.07. The van der Waals surface area contributed by atoms with E-state index in [4.69, 9.17) is 4.74 Å². The first-order valence-corrected chi connectivity index (χ1v) is 10.0. The van der Waals surface area contributed by atoms with Crippen molar-refractivity contribution in [3.05, 3.63) is 29.3 Å². The Bertz CT molecular complexity index is 682. The van der Waals surface area contributed by atoms with E-state index in [2.05, 4.69) is 5.32 Å². The predicted molar refractivity (Wildman–Crippen MR) is 94.6 cm³/mol. The molecule has 1 fully saturated rings. The van der Waals surface area contributed by atoms with Gasteiger partial charge in [0.15, 0.2) is 0 Å². The number of ether oxygens (including phenoxy) is 1. The Labute approximate surface area is 144 Å². The molecule has 1 aliphatic rings. The molecule has 0 saturated carbocycles. The van der Waals surface area contributed by atoms with Gasteiger partial charge in [-0.3, -0.25) is 4.79 Å². The first-order chi connectivity index (χ1) is 11.3. The van der Waals surface area contributed by atoms with Gasteiger partial charge in [0.1, 0.15) is 0 Å². The van der Waals surface area contributed by atoms with Crippen molar-refractivity contribution in [2.24, 2.45) is 0 Å². The third-order valence-corrected chi connectivity index (χ3v) is 5.64. The number of benzene rings is 1. The van der Waals surface area contributed by atoms with Gasteiger partial charge in [-0.15, -0.1) is 0 Å². The fraction of sp³-hybridized carbons (Fsp3) is 0.588. The summed E-state index contributed by atoms with van der Waals surface area (Å²) < 4.78 is 30.7. The SMILES string of the molecule is Cc1cccc(NC(=O)CCN(CC2CCCO2)S(C)(=O)=O)c1C. The molecule has 0 spiro atoms. The molecule has 0 radical (unpaired) electrons. The van der Waals surface area contributed by atoms with Crippen molar-refractivity contribution in [3.63, 3.8) is 0 Å². The Balaban J connectivity index is 1.93. The molecule has 1 amide bonds. The van der Waals surface area contributed by atoms with Gasteiger partial charge in [-0.25, -0.2) is 8.42 Å². The van der Waals surface area contributed by atoms with Crippen molar-refractivity contribution in [1.82, 2.24) is 4.31 Å². The molecule has 0 aliphatic carbocycles. The van der Waals surface area contributed by atoms with Crippen LogP contribution < -0.4 is 5.32 Å². The highest BCUT2D eigenvalue weighted by Crippen LogP contribution is 2.19. The van der Waals surface area contributed by atoms with Gasteiger partial charge in [0, 0.05) is 31.8 Å². The van der Waals surface area contributed by atoms with Crippen LogP contribution in [0.25, 0.3) is 0 Å². The summed E-state index contributed by atoms with van der Waals surface area (Å²) in [6.07, 6.45) is 3.04. The van der Waals surface area contributed by atoms with Crippen molar-refractivity contribution >= 4 is 21.6 Å². The Morgan fingerprint density at radius 3 is 2.75 bits per heavy atom. The van der Waals surface area contributed by atoms with E-state index in [1.165, 1.54) is 10.6 Å². The Morgan fingerprint density at radius 2 is 2.12 bits per heavy atom. The monoisotopic (exact) mass is 354 g/mol. The van der Waals surface area contributed by atoms with Gasteiger partial charge in [-0.05, 0) is 43.9 Å². The van der Waals surface area contributed by atoms with Gasteiger partial charge < -0.3 is 10.1 Å². The summed E-state index contributed by atoms with van der Waals surface area (Å²) in [5.74, 6) is -0.190. The highest BCUT2D eigenvalue weighted by atomic mass is 32.2. The number of hydrogen-bond acceptors (Lipinski definition) is 4. The molecular formula is C17H26N2O4S. The van der Waals surface area contributed by atoms with Crippen LogP contribution in [0.1, 0.15) is 30.4 Å². The highest BCUT2D eigenvalue weighted by Gasteiger charge is 2.25. The molecule has 24 heavy (non-hydrogen) atoms. The van der Waals surface area contributed by atoms with Crippen LogP contribution >= 0.6 is 0 Å². The summed E-state index contributed by atoms with van der Waals surface area (Å²) in [5.41, 5.74) is 2.89. The zero-order valence-electron chi connectivity index (χ0n) is 14.5. The largest absolute Gasteiger partial charge is 0.377 e. The number of nitrogens with zero attached hydrogens (tertiary/aromatic N) is 1. The fourth-order valence-corrected chi connectivity index (χ4v) is 3.59. The molecule has 7 heteroatoms. The van der Waals surface area contributed by atoms with Crippen molar-refractivity contribution in [2.45, 2.75) is 39.2 Å². The lowest BCUT2D eigenvalue weighted by Gasteiger charge is -2.22. The van der Waals surface area contributed by atoms with Gasteiger partial charge in [-0.1, -0.05) is 12.1 Å². The van der Waals surface area contributed by atoms with Gasteiger partial charge in [-0.2, -0.15) is 4.31 Å². The van der Waals surface area contributed by atoms with Crippen LogP contribution in [-0.4, -0.2) is 50.7 Å². The van der Waals surface area contributed by atoms with E-state index in [9.17, 15) is 13.2 Å². The normalized spacial score (nSPS) is 18.1. The van der Waals surface area contributed by atoms with Gasteiger partial charge in [0.2, 0.25) is 15.9 Å². The quantitative estimate of drug-likeness (QED) is 0.813. The standard InChI is InChI=1S/C17H26N2O4S/c1-13-6-4-8-16(14(13)2)18-17(20)9-10-19(24(3,21)22)12-15-7-5-11-23-15/h4,6,8,15H,5,7,9-12H2,1-3H3,(H,18,20). The van der Waals surface area contributed by atoms with E-state index in [1.54, 1.807) is 0 Å². The van der Waals surface area contributed by atoms with E-state index >= 15 is 0 Å². The molecular weight excluding hydrogens is 328 g/mol. The molecule has 2 rings (SSSR count). The molecule has 134 valence electrons. The molecule has 1 saturated heterocycles. The maximum absolute atomic E-state index is 12.2. The van der Waals surface area contributed by atoms with Crippen LogP contribution in [0.15, 0.2) is 18.2 Å². The van der Waals surface area contributed by atoms with Crippen molar-refractivity contribution in [3.8, 4) is 0 Å². The number of sulfonamides is 1. The molecule has 1 aliphatic heterocycles. The van der Waals surface area contributed by atoms with Crippen LogP contribution in [0, 0.1) is 13.8 Å². The molecule has 1 unspecified atom stereocenters. The molecule has 1 N–H and O–H groups in total. The van der Waals surface area contributed by atoms with Crippen molar-refractivity contribution in [2.75, 3.05) is 31.3 Å². The molecule has 6 nitrogen and oxygen atoms in total. The Kier molecular flexibility index (Phi) is 6.37. The van der Waals surface area contributed by atoms with E-state index in [-0.39, 0.29) is 25.0 Å². The minimum absolute atomic E-state index is 0.0678. The van der Waals surface area contributed by atoms with Crippen LogP contribution in [0.3, 0.4) is 0 Å². The molecule has 1 atom stereocenters. The number of carbonyl (C=O) groups excluding carboxylic acids is 1. The molecule has 0 bridgehead atoms. The number of aryl methyl sites for hydroxylation is 1. The van der Waals surface area contributed by atoms with Gasteiger partial charge in [0.25, 0.3) is 0 Å². The van der Waals surface area contributed by atoms with Crippen molar-refractivity contribution in [1.29, 1.82) is 0 Å².